The Morgan fingerprint density at radius 1 is 0.938 bits per heavy atom. The van der Waals surface area contributed by atoms with Crippen molar-refractivity contribution in [3.05, 3.63) is 6.92 Å². The molecule has 0 fully saturated rings. The second kappa shape index (κ2) is 7.59. The van der Waals surface area contributed by atoms with Gasteiger partial charge in [0.15, 0.2) is 0 Å². The first-order chi connectivity index (χ1) is 7.53. The van der Waals surface area contributed by atoms with Gasteiger partial charge in [-0.05, 0) is 32.6 Å². The van der Waals surface area contributed by atoms with Crippen LogP contribution in [0.3, 0.4) is 0 Å². The summed E-state index contributed by atoms with van der Waals surface area (Å²) in [4.78, 5) is 24.1. The zero-order valence-corrected chi connectivity index (χ0v) is 11.1. The average Bonchev–Trinajstić information content (AvgIpc) is 2.30. The fraction of sp³-hybridized carbons (Fsp3) is 0.786. The summed E-state index contributed by atoms with van der Waals surface area (Å²) in [5.74, 6) is -0.262. The number of rotatable bonds is 8. The van der Waals surface area contributed by atoms with Crippen LogP contribution < -0.4 is 0 Å². The second-order valence-corrected chi connectivity index (χ2v) is 4.43. The van der Waals surface area contributed by atoms with Crippen molar-refractivity contribution in [1.29, 1.82) is 0 Å². The van der Waals surface area contributed by atoms with E-state index in [-0.39, 0.29) is 23.4 Å². The molecule has 0 saturated heterocycles. The number of carbonyl (C=O) groups is 2. The van der Waals surface area contributed by atoms with Crippen LogP contribution in [0.4, 0.5) is 0 Å². The zero-order chi connectivity index (χ0) is 12.7. The molecule has 0 bridgehead atoms. The van der Waals surface area contributed by atoms with Gasteiger partial charge in [0, 0.05) is 11.8 Å². The predicted molar refractivity (Wildman–Crippen MR) is 67.0 cm³/mol. The van der Waals surface area contributed by atoms with Gasteiger partial charge in [0.05, 0.1) is 5.92 Å². The van der Waals surface area contributed by atoms with E-state index in [0.717, 1.165) is 19.3 Å². The molecule has 0 aliphatic heterocycles. The number of hydrogen-bond donors (Lipinski definition) is 0. The molecule has 0 amide bonds. The van der Waals surface area contributed by atoms with Gasteiger partial charge in [0.2, 0.25) is 0 Å². The molecule has 0 aromatic heterocycles. The van der Waals surface area contributed by atoms with Gasteiger partial charge < -0.3 is 0 Å². The van der Waals surface area contributed by atoms with Crippen molar-refractivity contribution >= 4 is 11.6 Å². The van der Waals surface area contributed by atoms with Crippen LogP contribution in [0.1, 0.15) is 53.4 Å². The summed E-state index contributed by atoms with van der Waals surface area (Å²) < 4.78 is 0. The molecule has 0 spiro atoms. The molecule has 93 valence electrons. The van der Waals surface area contributed by atoms with Gasteiger partial charge in [-0.1, -0.05) is 27.7 Å². The van der Waals surface area contributed by atoms with E-state index in [2.05, 4.69) is 6.92 Å². The van der Waals surface area contributed by atoms with Crippen molar-refractivity contribution < 1.29 is 9.59 Å². The van der Waals surface area contributed by atoms with Crippen LogP contribution in [0, 0.1) is 24.7 Å². The number of ketones is 2. The Kier molecular flexibility index (Phi) is 7.27. The van der Waals surface area contributed by atoms with E-state index < -0.39 is 5.92 Å². The fourth-order valence-corrected chi connectivity index (χ4v) is 2.09. The highest BCUT2D eigenvalue weighted by molar-refractivity contribution is 6.03. The molecule has 2 atom stereocenters. The minimum Gasteiger partial charge on any atom is -0.299 e. The Morgan fingerprint density at radius 3 is 1.62 bits per heavy atom. The molecule has 0 saturated carbocycles. The van der Waals surface area contributed by atoms with Gasteiger partial charge in [-0.2, -0.15) is 0 Å². The topological polar surface area (TPSA) is 34.1 Å². The Bertz CT molecular complexity index is 201. The first-order valence-corrected chi connectivity index (χ1v) is 6.39. The van der Waals surface area contributed by atoms with Crippen LogP contribution in [-0.2, 0) is 9.59 Å². The van der Waals surface area contributed by atoms with Gasteiger partial charge in [-0.15, -0.1) is 0 Å². The molecule has 2 unspecified atom stereocenters. The standard InChI is InChI=1S/C14H25O2/c1-6-11(7-2)13(15)10(5)14(16)12(8-3)9-4/h10-12H,1,6-9H2,2-5H3. The fourth-order valence-electron chi connectivity index (χ4n) is 2.09. The summed E-state index contributed by atoms with van der Waals surface area (Å²) in [6.45, 7) is 11.5. The van der Waals surface area contributed by atoms with E-state index >= 15 is 0 Å². The summed E-state index contributed by atoms with van der Waals surface area (Å²) in [6.07, 6.45) is 3.03. The first-order valence-electron chi connectivity index (χ1n) is 6.39. The Labute approximate surface area is 99.8 Å². The SMILES string of the molecule is [CH2]CC(CC)C(=O)C(C)C(=O)C(CC)CC. The minimum absolute atomic E-state index is 0.0428. The monoisotopic (exact) mass is 225 g/mol. The maximum atomic E-state index is 12.0. The molecule has 0 rings (SSSR count). The van der Waals surface area contributed by atoms with Crippen LogP contribution in [0.25, 0.3) is 0 Å². The maximum Gasteiger partial charge on any atom is 0.146 e. The lowest BCUT2D eigenvalue weighted by Crippen LogP contribution is -2.31. The smallest absolute Gasteiger partial charge is 0.146 e. The summed E-state index contributed by atoms with van der Waals surface area (Å²) in [5, 5.41) is 0. The summed E-state index contributed by atoms with van der Waals surface area (Å²) in [7, 11) is 0. The van der Waals surface area contributed by atoms with Gasteiger partial charge in [0.1, 0.15) is 11.6 Å². The van der Waals surface area contributed by atoms with Gasteiger partial charge in [-0.3, -0.25) is 9.59 Å². The Balaban J connectivity index is 4.59. The van der Waals surface area contributed by atoms with Crippen molar-refractivity contribution in [2.45, 2.75) is 53.4 Å². The van der Waals surface area contributed by atoms with E-state index in [1.54, 1.807) is 6.92 Å². The van der Waals surface area contributed by atoms with Crippen LogP contribution in [-0.4, -0.2) is 11.6 Å². The minimum atomic E-state index is -0.448. The van der Waals surface area contributed by atoms with Crippen molar-refractivity contribution in [3.63, 3.8) is 0 Å². The second-order valence-electron chi connectivity index (χ2n) is 4.43. The largest absolute Gasteiger partial charge is 0.299 e. The van der Waals surface area contributed by atoms with Crippen molar-refractivity contribution in [3.8, 4) is 0 Å². The lowest BCUT2D eigenvalue weighted by Gasteiger charge is -2.20. The van der Waals surface area contributed by atoms with Gasteiger partial charge in [-0.25, -0.2) is 0 Å². The van der Waals surface area contributed by atoms with Crippen molar-refractivity contribution in [1.82, 2.24) is 0 Å². The lowest BCUT2D eigenvalue weighted by atomic mass is 9.82. The average molecular weight is 225 g/mol. The zero-order valence-electron chi connectivity index (χ0n) is 11.1. The van der Waals surface area contributed by atoms with Crippen molar-refractivity contribution in [2.24, 2.45) is 17.8 Å². The maximum absolute atomic E-state index is 12.0. The normalized spacial score (nSPS) is 11.5. The quantitative estimate of drug-likeness (QED) is 0.593. The Hall–Kier alpha value is -0.660. The number of Topliss-reactive ketones (excluding diaryl/α,β-unsaturated/α-hetero) is 2. The predicted octanol–water partition coefficient (Wildman–Crippen LogP) is 3.45. The highest BCUT2D eigenvalue weighted by Crippen LogP contribution is 2.20. The molecule has 0 aliphatic rings. The Morgan fingerprint density at radius 2 is 1.31 bits per heavy atom. The van der Waals surface area contributed by atoms with E-state index in [9.17, 15) is 9.59 Å². The third kappa shape index (κ3) is 3.73. The van der Waals surface area contributed by atoms with Crippen LogP contribution in [0.2, 0.25) is 0 Å². The van der Waals surface area contributed by atoms with E-state index in [1.165, 1.54) is 0 Å². The molecule has 0 aromatic carbocycles. The van der Waals surface area contributed by atoms with Gasteiger partial charge >= 0.3 is 0 Å². The summed E-state index contributed by atoms with van der Waals surface area (Å²) >= 11 is 0. The molecule has 16 heavy (non-hydrogen) atoms. The lowest BCUT2D eigenvalue weighted by molar-refractivity contribution is -0.136. The van der Waals surface area contributed by atoms with Crippen LogP contribution >= 0.6 is 0 Å². The molecule has 0 N–H and O–H groups in total. The molecule has 2 heteroatoms. The summed E-state index contributed by atoms with van der Waals surface area (Å²) in [6, 6.07) is 0. The highest BCUT2D eigenvalue weighted by Gasteiger charge is 2.29. The van der Waals surface area contributed by atoms with E-state index in [0.29, 0.717) is 6.42 Å². The number of hydrogen-bond acceptors (Lipinski definition) is 2. The third-order valence-corrected chi connectivity index (χ3v) is 3.49. The third-order valence-electron chi connectivity index (χ3n) is 3.49. The van der Waals surface area contributed by atoms with E-state index in [4.69, 9.17) is 0 Å². The van der Waals surface area contributed by atoms with Crippen LogP contribution in [0.15, 0.2) is 0 Å². The van der Waals surface area contributed by atoms with Gasteiger partial charge in [0.25, 0.3) is 0 Å². The molecule has 1 radical (unpaired) electrons. The summed E-state index contributed by atoms with van der Waals surface area (Å²) in [5.41, 5.74) is 0. The van der Waals surface area contributed by atoms with Crippen molar-refractivity contribution in [2.75, 3.05) is 0 Å². The molecular weight excluding hydrogens is 200 g/mol. The van der Waals surface area contributed by atoms with E-state index in [1.807, 2.05) is 20.8 Å². The highest BCUT2D eigenvalue weighted by atomic mass is 16.2. The molecule has 0 heterocycles. The molecule has 0 aromatic rings. The molecule has 2 nitrogen and oxygen atoms in total. The van der Waals surface area contributed by atoms with Crippen LogP contribution in [0.5, 0.6) is 0 Å². The molecular formula is C14H25O2. The molecule has 0 aliphatic carbocycles. The number of carbonyl (C=O) groups excluding carboxylic acids is 2. The first kappa shape index (κ1) is 15.3.